The molecule has 0 saturated heterocycles. The fourth-order valence-corrected chi connectivity index (χ4v) is 3.24. The van der Waals surface area contributed by atoms with Gasteiger partial charge in [-0.1, -0.05) is 0 Å². The summed E-state index contributed by atoms with van der Waals surface area (Å²) in [6, 6.07) is 8.81. The van der Waals surface area contributed by atoms with Crippen LogP contribution in [0.15, 0.2) is 30.3 Å². The van der Waals surface area contributed by atoms with Gasteiger partial charge in [-0.05, 0) is 0 Å². The summed E-state index contributed by atoms with van der Waals surface area (Å²) in [5.41, 5.74) is 2.98. The van der Waals surface area contributed by atoms with Crippen LogP contribution in [-0.2, 0) is 27.8 Å². The first kappa shape index (κ1) is 16.4. The Labute approximate surface area is 126 Å². The molecular weight excluding hydrogens is 318 g/mol. The minimum absolute atomic E-state index is 0. The number of halogens is 2. The summed E-state index contributed by atoms with van der Waals surface area (Å²) < 4.78 is 0.388. The van der Waals surface area contributed by atoms with Crippen molar-refractivity contribution in [3.63, 3.8) is 0 Å². The molecule has 0 aromatic heterocycles. The van der Waals surface area contributed by atoms with Gasteiger partial charge in [-0.15, -0.1) is 24.8 Å². The normalized spacial score (nSPS) is 20.8. The van der Waals surface area contributed by atoms with E-state index in [-0.39, 0.29) is 24.8 Å². The maximum Gasteiger partial charge on any atom is -0.147 e. The summed E-state index contributed by atoms with van der Waals surface area (Å²) in [4.78, 5) is 0. The predicted octanol–water partition coefficient (Wildman–Crippen LogP) is 4.49. The largest absolute Gasteiger partial charge is 0.147 e. The molecule has 0 bridgehead atoms. The fourth-order valence-electron chi connectivity index (χ4n) is 2.04. The number of rotatable bonds is 3. The van der Waals surface area contributed by atoms with Crippen LogP contribution in [0.2, 0.25) is 0 Å². The van der Waals surface area contributed by atoms with Gasteiger partial charge in [0.25, 0.3) is 0 Å². The summed E-state index contributed by atoms with van der Waals surface area (Å²) in [6.45, 7) is 2.27. The molecule has 0 fully saturated rings. The minimum Gasteiger partial charge on any atom is -0.147 e. The van der Waals surface area contributed by atoms with E-state index in [1.54, 1.807) is 30.3 Å². The average Bonchev–Trinajstić information content (AvgIpc) is 2.55. The molecule has 16 heavy (non-hydrogen) atoms. The molecule has 2 rings (SSSR count). The molecule has 87 valence electrons. The number of allylic oxidation sites excluding steroid dienone is 1. The third-order valence-electron chi connectivity index (χ3n) is 2.91. The third kappa shape index (κ3) is 3.22. The van der Waals surface area contributed by atoms with Gasteiger partial charge in [0, 0.05) is 0 Å². The second-order valence-electron chi connectivity index (χ2n) is 4.00. The van der Waals surface area contributed by atoms with Crippen LogP contribution in [0.1, 0.15) is 37.3 Å². The van der Waals surface area contributed by atoms with E-state index >= 15 is 0 Å². The van der Waals surface area contributed by atoms with Crippen LogP contribution in [0, 0.1) is 0 Å². The van der Waals surface area contributed by atoms with Crippen molar-refractivity contribution in [1.82, 2.24) is 0 Å². The van der Waals surface area contributed by atoms with Crippen molar-refractivity contribution in [3.05, 3.63) is 41.5 Å². The van der Waals surface area contributed by atoms with Crippen molar-refractivity contribution >= 4 is 30.9 Å². The Balaban J connectivity index is 0.00000112. The summed E-state index contributed by atoms with van der Waals surface area (Å²) in [5.74, 6) is 0. The molecule has 0 spiro atoms. The number of hydrogen-bond donors (Lipinski definition) is 0. The molecule has 0 amide bonds. The van der Waals surface area contributed by atoms with Gasteiger partial charge < -0.3 is 0 Å². The Morgan fingerprint density at radius 3 is 2.56 bits per heavy atom. The third-order valence-corrected chi connectivity index (χ3v) is 4.60. The van der Waals surface area contributed by atoms with E-state index in [1.165, 1.54) is 24.8 Å². The van der Waals surface area contributed by atoms with Crippen LogP contribution in [0.4, 0.5) is 0 Å². The van der Waals surface area contributed by atoms with Crippen molar-refractivity contribution in [2.24, 2.45) is 0 Å². The van der Waals surface area contributed by atoms with E-state index < -0.39 is 0 Å². The van der Waals surface area contributed by atoms with Crippen LogP contribution in [0.5, 0.6) is 0 Å². The standard InChI is InChI=1S/C13H15.2ClH.Zr/c1-2-3-6-11-9-10-12-7-4-5-8-13(11)12;;;/h4-5,7-10H,2-3,6H2,1H3;2*1H;. The van der Waals surface area contributed by atoms with Crippen molar-refractivity contribution < 1.29 is 24.7 Å². The topological polar surface area (TPSA) is 0 Å². The van der Waals surface area contributed by atoms with Crippen LogP contribution in [0.3, 0.4) is 0 Å². The maximum atomic E-state index is 2.41. The van der Waals surface area contributed by atoms with Crippen LogP contribution in [-0.4, -0.2) is 0 Å². The second kappa shape index (κ2) is 6.99. The molecule has 0 saturated carbocycles. The Kier molecular flexibility index (Phi) is 7.18. The van der Waals surface area contributed by atoms with Crippen molar-refractivity contribution in [3.8, 4) is 0 Å². The van der Waals surface area contributed by atoms with E-state index in [4.69, 9.17) is 0 Å². The van der Waals surface area contributed by atoms with Gasteiger partial charge >= 0.3 is 102 Å². The van der Waals surface area contributed by atoms with E-state index in [2.05, 4.69) is 43.3 Å². The first-order chi connectivity index (χ1) is 6.76. The quantitative estimate of drug-likeness (QED) is 0.763. The molecule has 1 atom stereocenters. The Morgan fingerprint density at radius 1 is 1.19 bits per heavy atom. The Morgan fingerprint density at radius 2 is 1.88 bits per heavy atom. The van der Waals surface area contributed by atoms with E-state index in [9.17, 15) is 0 Å². The predicted molar refractivity (Wildman–Crippen MR) is 71.2 cm³/mol. The molecule has 0 radical (unpaired) electrons. The molecule has 0 nitrogen and oxygen atoms in total. The van der Waals surface area contributed by atoms with E-state index in [0.29, 0.717) is 3.12 Å². The van der Waals surface area contributed by atoms with Crippen molar-refractivity contribution in [2.75, 3.05) is 0 Å². The Hall–Kier alpha value is 0.423. The summed E-state index contributed by atoms with van der Waals surface area (Å²) in [7, 11) is 0. The van der Waals surface area contributed by atoms with E-state index in [1.807, 2.05) is 0 Å². The zero-order chi connectivity index (χ0) is 10.0. The van der Waals surface area contributed by atoms with Crippen LogP contribution in [0.25, 0.3) is 6.08 Å². The monoisotopic (exact) mass is 333 g/mol. The number of fused-ring (bicyclic) bond motifs is 1. The zero-order valence-electron chi connectivity index (χ0n) is 9.40. The van der Waals surface area contributed by atoms with Crippen LogP contribution < -0.4 is 0 Å². The molecule has 1 aromatic rings. The molecule has 1 aromatic carbocycles. The number of hydrogen-bond acceptors (Lipinski definition) is 0. The SMILES string of the molecule is CCCC[C]1([Zr])C=Cc2ccccc21.Cl.Cl. The fraction of sp³-hybridized carbons (Fsp3) is 0.385. The van der Waals surface area contributed by atoms with Gasteiger partial charge in [0.05, 0.1) is 0 Å². The first-order valence-electron chi connectivity index (χ1n) is 5.30. The molecule has 1 aliphatic rings. The molecule has 1 aliphatic carbocycles. The molecule has 0 N–H and O–H groups in total. The number of unbranched alkanes of at least 4 members (excludes halogenated alkanes) is 1. The first-order valence-corrected chi connectivity index (χ1v) is 6.53. The number of benzene rings is 1. The van der Waals surface area contributed by atoms with Gasteiger partial charge in [0.2, 0.25) is 0 Å². The Bertz CT molecular complexity index is 363. The van der Waals surface area contributed by atoms with Crippen molar-refractivity contribution in [2.45, 2.75) is 29.3 Å². The summed E-state index contributed by atoms with van der Waals surface area (Å²) >= 11 is 1.63. The maximum absolute atomic E-state index is 2.41. The smallest absolute Gasteiger partial charge is 0.147 e. The molecule has 3 heteroatoms. The van der Waals surface area contributed by atoms with Gasteiger partial charge in [-0.25, -0.2) is 0 Å². The van der Waals surface area contributed by atoms with Gasteiger partial charge in [-0.2, -0.15) is 0 Å². The molecule has 0 aliphatic heterocycles. The van der Waals surface area contributed by atoms with Crippen molar-refractivity contribution in [1.29, 1.82) is 0 Å². The summed E-state index contributed by atoms with van der Waals surface area (Å²) in [6.07, 6.45) is 8.65. The summed E-state index contributed by atoms with van der Waals surface area (Å²) in [5, 5.41) is 0. The van der Waals surface area contributed by atoms with Gasteiger partial charge in [0.15, 0.2) is 0 Å². The van der Waals surface area contributed by atoms with Gasteiger partial charge in [-0.3, -0.25) is 0 Å². The van der Waals surface area contributed by atoms with E-state index in [0.717, 1.165) is 0 Å². The van der Waals surface area contributed by atoms with Gasteiger partial charge in [0.1, 0.15) is 0 Å². The zero-order valence-corrected chi connectivity index (χ0v) is 13.5. The molecule has 1 unspecified atom stereocenters. The van der Waals surface area contributed by atoms with Crippen LogP contribution >= 0.6 is 24.8 Å². The average molecular weight is 335 g/mol. The second-order valence-corrected chi connectivity index (χ2v) is 6.19. The minimum atomic E-state index is 0. The molecular formula is C13H17Cl2Zr. The molecule has 0 heterocycles.